The smallest absolute Gasteiger partial charge is 0.163 e. The fourth-order valence-corrected chi connectivity index (χ4v) is 8.14. The summed E-state index contributed by atoms with van der Waals surface area (Å²) < 4.78 is 12.0. The highest BCUT2D eigenvalue weighted by molar-refractivity contribution is 5.26. The van der Waals surface area contributed by atoms with Crippen LogP contribution in [0.25, 0.3) is 0 Å². The number of hydrogen-bond acceptors (Lipinski definition) is 4. The van der Waals surface area contributed by atoms with Crippen LogP contribution < -0.4 is 0 Å². The minimum Gasteiger partial charge on any atom is -0.393 e. The summed E-state index contributed by atoms with van der Waals surface area (Å²) >= 11 is 0. The van der Waals surface area contributed by atoms with Gasteiger partial charge in [-0.25, -0.2) is 0 Å². The van der Waals surface area contributed by atoms with Gasteiger partial charge in [0, 0.05) is 5.41 Å². The molecule has 8 atom stereocenters. The molecule has 1 heterocycles. The van der Waals surface area contributed by atoms with Crippen molar-refractivity contribution >= 4 is 0 Å². The van der Waals surface area contributed by atoms with E-state index in [4.69, 9.17) is 9.47 Å². The Labute approximate surface area is 169 Å². The third kappa shape index (κ3) is 2.50. The molecule has 4 heteroatoms. The van der Waals surface area contributed by atoms with Crippen LogP contribution in [0.4, 0.5) is 0 Å². The molecule has 0 spiro atoms. The van der Waals surface area contributed by atoms with E-state index in [0.717, 1.165) is 44.9 Å². The van der Waals surface area contributed by atoms with E-state index < -0.39 is 11.4 Å². The molecule has 0 aromatic rings. The average molecular weight is 391 g/mol. The number of aliphatic hydroxyl groups is 2. The maximum Gasteiger partial charge on any atom is 0.163 e. The molecule has 4 fully saturated rings. The highest BCUT2D eigenvalue weighted by Gasteiger charge is 2.67. The first-order valence-corrected chi connectivity index (χ1v) is 11.5. The van der Waals surface area contributed by atoms with Crippen LogP contribution in [-0.2, 0) is 9.47 Å². The Bertz CT molecular complexity index is 686. The first-order chi connectivity index (χ1) is 13.1. The van der Waals surface area contributed by atoms with E-state index in [9.17, 15) is 10.2 Å². The molecule has 0 aromatic carbocycles. The van der Waals surface area contributed by atoms with Gasteiger partial charge >= 0.3 is 0 Å². The highest BCUT2D eigenvalue weighted by atomic mass is 16.7. The van der Waals surface area contributed by atoms with Gasteiger partial charge in [0.15, 0.2) is 5.79 Å². The molecule has 0 amide bonds. The Morgan fingerprint density at radius 2 is 1.75 bits per heavy atom. The molecule has 5 rings (SSSR count). The Morgan fingerprint density at radius 1 is 1.00 bits per heavy atom. The van der Waals surface area contributed by atoms with Gasteiger partial charge in [-0.15, -0.1) is 0 Å². The Balaban J connectivity index is 1.44. The maximum atomic E-state index is 11.9. The number of ether oxygens (including phenoxy) is 2. The molecule has 5 aliphatic rings. The third-order valence-corrected chi connectivity index (χ3v) is 9.83. The van der Waals surface area contributed by atoms with Crippen LogP contribution in [0.1, 0.15) is 79.1 Å². The van der Waals surface area contributed by atoms with E-state index >= 15 is 0 Å². The Kier molecular flexibility index (Phi) is 4.23. The molecule has 8 unspecified atom stereocenters. The molecule has 2 N–H and O–H groups in total. The van der Waals surface area contributed by atoms with Crippen LogP contribution in [0, 0.1) is 28.6 Å². The predicted molar refractivity (Wildman–Crippen MR) is 108 cm³/mol. The fourth-order valence-electron chi connectivity index (χ4n) is 8.14. The lowest BCUT2D eigenvalue weighted by atomic mass is 9.46. The lowest BCUT2D eigenvalue weighted by molar-refractivity contribution is -0.207. The van der Waals surface area contributed by atoms with Gasteiger partial charge in [0.25, 0.3) is 0 Å². The van der Waals surface area contributed by atoms with Crippen LogP contribution in [0.5, 0.6) is 0 Å². The minimum absolute atomic E-state index is 0.0987. The molecular formula is C24H38O4. The summed E-state index contributed by atoms with van der Waals surface area (Å²) in [4.78, 5) is 0. The zero-order valence-electron chi connectivity index (χ0n) is 18.0. The Hall–Kier alpha value is -0.420. The van der Waals surface area contributed by atoms with Gasteiger partial charge < -0.3 is 19.7 Å². The van der Waals surface area contributed by atoms with E-state index in [1.165, 1.54) is 12.0 Å². The lowest BCUT2D eigenvalue weighted by Gasteiger charge is -2.59. The minimum atomic E-state index is -0.788. The topological polar surface area (TPSA) is 58.9 Å². The second-order valence-corrected chi connectivity index (χ2v) is 11.4. The summed E-state index contributed by atoms with van der Waals surface area (Å²) in [5.41, 5.74) is 0.875. The van der Waals surface area contributed by atoms with Crippen molar-refractivity contribution in [1.29, 1.82) is 0 Å². The summed E-state index contributed by atoms with van der Waals surface area (Å²) in [6, 6.07) is 0. The molecule has 0 bridgehead atoms. The first kappa shape index (κ1) is 19.5. The van der Waals surface area contributed by atoms with Gasteiger partial charge in [0.05, 0.1) is 18.3 Å². The molecule has 4 aliphatic carbocycles. The lowest BCUT2D eigenvalue weighted by Crippen LogP contribution is -2.59. The number of rotatable bonds is 1. The second-order valence-electron chi connectivity index (χ2n) is 11.4. The zero-order valence-corrected chi connectivity index (χ0v) is 18.0. The molecule has 1 aliphatic heterocycles. The van der Waals surface area contributed by atoms with Crippen LogP contribution in [0.2, 0.25) is 0 Å². The molecule has 158 valence electrons. The van der Waals surface area contributed by atoms with Crippen molar-refractivity contribution in [2.45, 2.75) is 103 Å². The van der Waals surface area contributed by atoms with E-state index in [-0.39, 0.29) is 23.0 Å². The standard InChI is InChI=1S/C24H38O4/c1-21(2)27-14-20(28-21)24(26)12-9-19-17-6-5-15-13-16(25)7-10-22(15,3)18(17)8-11-23(19,24)4/h5,16-20,25-26H,6-14H2,1-4H3. The molecule has 28 heavy (non-hydrogen) atoms. The maximum absolute atomic E-state index is 11.9. The van der Waals surface area contributed by atoms with Gasteiger partial charge in [-0.2, -0.15) is 0 Å². The van der Waals surface area contributed by atoms with Gasteiger partial charge in [-0.3, -0.25) is 0 Å². The molecule has 0 radical (unpaired) electrons. The van der Waals surface area contributed by atoms with Crippen molar-refractivity contribution in [2.75, 3.05) is 6.61 Å². The fraction of sp³-hybridized carbons (Fsp3) is 0.917. The van der Waals surface area contributed by atoms with Gasteiger partial charge in [0.1, 0.15) is 6.10 Å². The highest BCUT2D eigenvalue weighted by Crippen LogP contribution is 2.68. The van der Waals surface area contributed by atoms with Crippen LogP contribution in [0.3, 0.4) is 0 Å². The van der Waals surface area contributed by atoms with E-state index in [2.05, 4.69) is 19.9 Å². The second kappa shape index (κ2) is 6.06. The molecule has 0 aromatic heterocycles. The molecule has 3 saturated carbocycles. The Morgan fingerprint density at radius 3 is 2.46 bits per heavy atom. The van der Waals surface area contributed by atoms with Gasteiger partial charge in [0.2, 0.25) is 0 Å². The SMILES string of the molecule is CC1(C)OCC(C2(O)CCC3C4CC=C5CC(O)CCC5(C)C4CCC32C)O1. The van der Waals surface area contributed by atoms with Crippen molar-refractivity contribution in [1.82, 2.24) is 0 Å². The van der Waals surface area contributed by atoms with Crippen molar-refractivity contribution < 1.29 is 19.7 Å². The van der Waals surface area contributed by atoms with Gasteiger partial charge in [-0.1, -0.05) is 25.5 Å². The van der Waals surface area contributed by atoms with Crippen molar-refractivity contribution in [3.05, 3.63) is 11.6 Å². The monoisotopic (exact) mass is 390 g/mol. The van der Waals surface area contributed by atoms with Crippen molar-refractivity contribution in [3.63, 3.8) is 0 Å². The van der Waals surface area contributed by atoms with Crippen LogP contribution in [-0.4, -0.2) is 40.4 Å². The van der Waals surface area contributed by atoms with Gasteiger partial charge in [-0.05, 0) is 88.4 Å². The number of allylic oxidation sites excluding steroid dienone is 1. The van der Waals surface area contributed by atoms with E-state index in [1.807, 2.05) is 13.8 Å². The number of hydrogen-bond donors (Lipinski definition) is 2. The molecular weight excluding hydrogens is 352 g/mol. The average Bonchev–Trinajstić information content (AvgIpc) is 3.13. The first-order valence-electron chi connectivity index (χ1n) is 11.5. The van der Waals surface area contributed by atoms with Crippen LogP contribution >= 0.6 is 0 Å². The van der Waals surface area contributed by atoms with Crippen LogP contribution in [0.15, 0.2) is 11.6 Å². The largest absolute Gasteiger partial charge is 0.393 e. The van der Waals surface area contributed by atoms with E-state index in [1.54, 1.807) is 0 Å². The summed E-state index contributed by atoms with van der Waals surface area (Å²) in [5.74, 6) is 1.29. The molecule has 1 saturated heterocycles. The predicted octanol–water partition coefficient (Wildman–Crippen LogP) is 4.19. The van der Waals surface area contributed by atoms with Crippen molar-refractivity contribution in [2.24, 2.45) is 28.6 Å². The zero-order chi connectivity index (χ0) is 19.9. The quantitative estimate of drug-likeness (QED) is 0.659. The normalized spacial score (nSPS) is 55.2. The van der Waals surface area contributed by atoms with E-state index in [0.29, 0.717) is 24.4 Å². The number of fused-ring (bicyclic) bond motifs is 5. The summed E-state index contributed by atoms with van der Waals surface area (Å²) in [5, 5.41) is 22.1. The summed E-state index contributed by atoms with van der Waals surface area (Å²) in [6.07, 6.45) is 10.3. The van der Waals surface area contributed by atoms with Crippen molar-refractivity contribution in [3.8, 4) is 0 Å². The number of aliphatic hydroxyl groups excluding tert-OH is 1. The summed E-state index contributed by atoms with van der Waals surface area (Å²) in [7, 11) is 0. The summed E-state index contributed by atoms with van der Waals surface area (Å²) in [6.45, 7) is 9.20. The molecule has 4 nitrogen and oxygen atoms in total. The third-order valence-electron chi connectivity index (χ3n) is 9.83.